The first-order chi connectivity index (χ1) is 7.75. The number of carbonyl (C=O) groups is 1. The zero-order valence-corrected chi connectivity index (χ0v) is 10.9. The highest BCUT2D eigenvalue weighted by molar-refractivity contribution is 7.99. The largest absolute Gasteiger partial charge is 0.481 e. The highest BCUT2D eigenvalue weighted by Crippen LogP contribution is 2.31. The van der Waals surface area contributed by atoms with E-state index in [1.807, 2.05) is 11.8 Å². The van der Waals surface area contributed by atoms with Gasteiger partial charge >= 0.3 is 5.97 Å². The van der Waals surface area contributed by atoms with Gasteiger partial charge in [-0.3, -0.25) is 4.79 Å². The Kier molecular flexibility index (Phi) is 6.88. The predicted molar refractivity (Wildman–Crippen MR) is 69.0 cm³/mol. The lowest BCUT2D eigenvalue weighted by molar-refractivity contribution is -0.142. The van der Waals surface area contributed by atoms with Gasteiger partial charge in [0.2, 0.25) is 0 Å². The molecule has 1 fully saturated rings. The summed E-state index contributed by atoms with van der Waals surface area (Å²) in [6.45, 7) is 4.08. The van der Waals surface area contributed by atoms with Crippen LogP contribution < -0.4 is 5.32 Å². The molecule has 94 valence electrons. The van der Waals surface area contributed by atoms with Crippen molar-refractivity contribution in [2.45, 2.75) is 32.6 Å². The number of aliphatic carboxylic acids is 1. The maximum atomic E-state index is 11.0. The van der Waals surface area contributed by atoms with Gasteiger partial charge in [-0.15, -0.1) is 0 Å². The van der Waals surface area contributed by atoms with E-state index >= 15 is 0 Å². The quantitative estimate of drug-likeness (QED) is 0.644. The first-order valence-electron chi connectivity index (χ1n) is 6.27. The molecule has 0 radical (unpaired) electrons. The molecule has 0 saturated heterocycles. The van der Waals surface area contributed by atoms with Gasteiger partial charge in [0.15, 0.2) is 0 Å². The second-order valence-electron chi connectivity index (χ2n) is 4.39. The van der Waals surface area contributed by atoms with Crippen molar-refractivity contribution in [2.75, 3.05) is 24.6 Å². The predicted octanol–water partition coefficient (Wildman–Crippen LogP) is 2.22. The van der Waals surface area contributed by atoms with Crippen molar-refractivity contribution in [3.63, 3.8) is 0 Å². The van der Waals surface area contributed by atoms with Crippen LogP contribution in [0.4, 0.5) is 0 Å². The lowest BCUT2D eigenvalue weighted by Crippen LogP contribution is -2.29. The topological polar surface area (TPSA) is 49.3 Å². The number of hydrogen-bond acceptors (Lipinski definition) is 3. The Morgan fingerprint density at radius 1 is 1.50 bits per heavy atom. The summed E-state index contributed by atoms with van der Waals surface area (Å²) in [5.74, 6) is 2.04. The Morgan fingerprint density at radius 3 is 3.00 bits per heavy atom. The Morgan fingerprint density at radius 2 is 2.31 bits per heavy atom. The number of thioether (sulfide) groups is 1. The third-order valence-electron chi connectivity index (χ3n) is 3.23. The molecule has 0 heterocycles. The van der Waals surface area contributed by atoms with Crippen molar-refractivity contribution in [1.29, 1.82) is 0 Å². The van der Waals surface area contributed by atoms with Gasteiger partial charge in [-0.25, -0.2) is 0 Å². The smallest absolute Gasteiger partial charge is 0.306 e. The highest BCUT2D eigenvalue weighted by atomic mass is 32.2. The molecular formula is C12H23NO2S. The summed E-state index contributed by atoms with van der Waals surface area (Å²) in [5.41, 5.74) is 0. The zero-order chi connectivity index (χ0) is 11.8. The van der Waals surface area contributed by atoms with Crippen LogP contribution in [0.2, 0.25) is 0 Å². The van der Waals surface area contributed by atoms with Crippen LogP contribution in [0.5, 0.6) is 0 Å². The summed E-state index contributed by atoms with van der Waals surface area (Å²) in [6.07, 6.45) is 4.21. The number of carboxylic acids is 1. The first kappa shape index (κ1) is 13.8. The van der Waals surface area contributed by atoms with E-state index in [0.29, 0.717) is 5.92 Å². The Labute approximate surface area is 102 Å². The maximum Gasteiger partial charge on any atom is 0.306 e. The summed E-state index contributed by atoms with van der Waals surface area (Å²) >= 11 is 1.96. The van der Waals surface area contributed by atoms with Gasteiger partial charge in [0.1, 0.15) is 0 Å². The minimum Gasteiger partial charge on any atom is -0.481 e. The van der Waals surface area contributed by atoms with E-state index in [1.54, 1.807) is 0 Å². The number of hydrogen-bond donors (Lipinski definition) is 2. The van der Waals surface area contributed by atoms with Crippen LogP contribution in [0.25, 0.3) is 0 Å². The van der Waals surface area contributed by atoms with E-state index in [-0.39, 0.29) is 5.92 Å². The SMILES string of the molecule is CCSCCCNCC1CCCC1C(=O)O. The molecule has 1 saturated carbocycles. The molecule has 2 unspecified atom stereocenters. The molecule has 1 aliphatic carbocycles. The van der Waals surface area contributed by atoms with Crippen molar-refractivity contribution in [2.24, 2.45) is 11.8 Å². The molecular weight excluding hydrogens is 222 g/mol. The molecule has 1 rings (SSSR count). The van der Waals surface area contributed by atoms with Gasteiger partial charge in [0, 0.05) is 0 Å². The van der Waals surface area contributed by atoms with Crippen LogP contribution >= 0.6 is 11.8 Å². The van der Waals surface area contributed by atoms with Crippen molar-refractivity contribution in [3.8, 4) is 0 Å². The summed E-state index contributed by atoms with van der Waals surface area (Å²) < 4.78 is 0. The summed E-state index contributed by atoms with van der Waals surface area (Å²) in [4.78, 5) is 11.0. The van der Waals surface area contributed by atoms with E-state index in [2.05, 4.69) is 12.2 Å². The minimum atomic E-state index is -0.606. The fourth-order valence-electron chi connectivity index (χ4n) is 2.34. The van der Waals surface area contributed by atoms with Crippen LogP contribution in [0.1, 0.15) is 32.6 Å². The monoisotopic (exact) mass is 245 g/mol. The summed E-state index contributed by atoms with van der Waals surface area (Å²) in [5, 5.41) is 12.4. The van der Waals surface area contributed by atoms with E-state index < -0.39 is 5.97 Å². The average Bonchev–Trinajstić information content (AvgIpc) is 2.71. The third-order valence-corrected chi connectivity index (χ3v) is 4.21. The number of rotatable bonds is 8. The Bertz CT molecular complexity index is 211. The van der Waals surface area contributed by atoms with Crippen LogP contribution in [0.15, 0.2) is 0 Å². The van der Waals surface area contributed by atoms with Gasteiger partial charge in [-0.2, -0.15) is 11.8 Å². The molecule has 16 heavy (non-hydrogen) atoms. The normalized spacial score (nSPS) is 24.8. The minimum absolute atomic E-state index is 0.0995. The van der Waals surface area contributed by atoms with Gasteiger partial charge in [-0.1, -0.05) is 13.3 Å². The second kappa shape index (κ2) is 7.96. The van der Waals surface area contributed by atoms with Crippen LogP contribution in [-0.2, 0) is 4.79 Å². The molecule has 0 aliphatic heterocycles. The fourth-order valence-corrected chi connectivity index (χ4v) is 2.97. The molecule has 0 bridgehead atoms. The zero-order valence-electron chi connectivity index (χ0n) is 10.1. The first-order valence-corrected chi connectivity index (χ1v) is 7.42. The van der Waals surface area contributed by atoms with Crippen molar-refractivity contribution < 1.29 is 9.90 Å². The molecule has 0 aromatic heterocycles. The van der Waals surface area contributed by atoms with E-state index in [0.717, 1.165) is 32.4 Å². The van der Waals surface area contributed by atoms with Crippen molar-refractivity contribution in [3.05, 3.63) is 0 Å². The maximum absolute atomic E-state index is 11.0. The highest BCUT2D eigenvalue weighted by Gasteiger charge is 2.32. The van der Waals surface area contributed by atoms with Gasteiger partial charge in [-0.05, 0) is 49.8 Å². The number of nitrogens with one attached hydrogen (secondary N) is 1. The molecule has 4 heteroatoms. The van der Waals surface area contributed by atoms with Gasteiger partial charge in [0.05, 0.1) is 5.92 Å². The molecule has 0 aromatic carbocycles. The lowest BCUT2D eigenvalue weighted by atomic mass is 9.96. The van der Waals surface area contributed by atoms with Crippen molar-refractivity contribution >= 4 is 17.7 Å². The van der Waals surface area contributed by atoms with Crippen LogP contribution in [0.3, 0.4) is 0 Å². The molecule has 2 atom stereocenters. The van der Waals surface area contributed by atoms with E-state index in [9.17, 15) is 4.79 Å². The van der Waals surface area contributed by atoms with E-state index in [1.165, 1.54) is 17.9 Å². The van der Waals surface area contributed by atoms with Gasteiger partial charge in [0.25, 0.3) is 0 Å². The fraction of sp³-hybridized carbons (Fsp3) is 0.917. The second-order valence-corrected chi connectivity index (χ2v) is 5.78. The Hall–Kier alpha value is -0.220. The molecule has 0 amide bonds. The van der Waals surface area contributed by atoms with E-state index in [4.69, 9.17) is 5.11 Å². The summed E-state index contributed by atoms with van der Waals surface area (Å²) in [6, 6.07) is 0. The van der Waals surface area contributed by atoms with Crippen LogP contribution in [-0.4, -0.2) is 35.7 Å². The van der Waals surface area contributed by atoms with Crippen molar-refractivity contribution in [1.82, 2.24) is 5.32 Å². The average molecular weight is 245 g/mol. The lowest BCUT2D eigenvalue weighted by Gasteiger charge is -2.16. The standard InChI is InChI=1S/C12H23NO2S/c1-2-16-8-4-7-13-9-10-5-3-6-11(10)12(14)15/h10-11,13H,2-9H2,1H3,(H,14,15). The van der Waals surface area contributed by atoms with Gasteiger partial charge < -0.3 is 10.4 Å². The molecule has 0 aromatic rings. The molecule has 3 nitrogen and oxygen atoms in total. The molecule has 2 N–H and O–H groups in total. The Balaban J connectivity index is 2.05. The molecule has 1 aliphatic rings. The number of carboxylic acid groups (broad SMARTS) is 1. The van der Waals surface area contributed by atoms with Crippen LogP contribution in [0, 0.1) is 11.8 Å². The summed E-state index contributed by atoms with van der Waals surface area (Å²) in [7, 11) is 0. The molecule has 0 spiro atoms. The third kappa shape index (κ3) is 4.74.